The number of nitrogens with one attached hydrogen (secondary N) is 2. The number of anilines is 1. The summed E-state index contributed by atoms with van der Waals surface area (Å²) < 4.78 is 0. The van der Waals surface area contributed by atoms with Crippen molar-refractivity contribution >= 4 is 23.3 Å². The van der Waals surface area contributed by atoms with E-state index >= 15 is 0 Å². The van der Waals surface area contributed by atoms with Crippen LogP contribution in [0.1, 0.15) is 27.2 Å². The maximum absolute atomic E-state index is 12.1. The zero-order valence-electron chi connectivity index (χ0n) is 10.5. The van der Waals surface area contributed by atoms with Crippen LogP contribution >= 0.6 is 11.6 Å². The van der Waals surface area contributed by atoms with Crippen LogP contribution < -0.4 is 5.32 Å². The lowest BCUT2D eigenvalue weighted by Gasteiger charge is -2.06. The van der Waals surface area contributed by atoms with Gasteiger partial charge in [0.05, 0.1) is 0 Å². The van der Waals surface area contributed by atoms with E-state index in [1.807, 2.05) is 20.8 Å². The molecule has 2 rings (SSSR count). The van der Waals surface area contributed by atoms with E-state index in [0.29, 0.717) is 16.4 Å². The summed E-state index contributed by atoms with van der Waals surface area (Å²) in [6, 6.07) is 5.17. The zero-order chi connectivity index (χ0) is 13.3. The summed E-state index contributed by atoms with van der Waals surface area (Å²) in [5.74, 6) is 0.380. The highest BCUT2D eigenvalue weighted by molar-refractivity contribution is 6.30. The van der Waals surface area contributed by atoms with E-state index < -0.39 is 0 Å². The lowest BCUT2D eigenvalue weighted by atomic mass is 10.1. The van der Waals surface area contributed by atoms with Crippen LogP contribution in [-0.4, -0.2) is 16.1 Å². The summed E-state index contributed by atoms with van der Waals surface area (Å²) in [5, 5.41) is 10.3. The Hall–Kier alpha value is -1.81. The second-order valence-electron chi connectivity index (χ2n) is 4.24. The predicted molar refractivity (Wildman–Crippen MR) is 72.2 cm³/mol. The molecule has 0 aliphatic heterocycles. The number of nitrogens with zero attached hydrogens (tertiary/aromatic N) is 1. The van der Waals surface area contributed by atoms with Crippen LogP contribution in [0.5, 0.6) is 0 Å². The minimum atomic E-state index is -0.182. The van der Waals surface area contributed by atoms with Gasteiger partial charge in [0.1, 0.15) is 0 Å². The molecule has 0 atom stereocenters. The van der Waals surface area contributed by atoms with Crippen LogP contribution in [0.25, 0.3) is 0 Å². The molecule has 0 bridgehead atoms. The molecule has 1 aromatic carbocycles. The maximum atomic E-state index is 12.1. The second kappa shape index (κ2) is 4.82. The van der Waals surface area contributed by atoms with Crippen LogP contribution in [0.3, 0.4) is 0 Å². The van der Waals surface area contributed by atoms with Gasteiger partial charge in [-0.15, -0.1) is 0 Å². The van der Waals surface area contributed by atoms with Crippen LogP contribution in [0.15, 0.2) is 18.2 Å². The van der Waals surface area contributed by atoms with Crippen molar-refractivity contribution in [1.82, 2.24) is 10.2 Å². The van der Waals surface area contributed by atoms with Crippen molar-refractivity contribution in [3.05, 3.63) is 45.6 Å². The van der Waals surface area contributed by atoms with Crippen molar-refractivity contribution in [3.63, 3.8) is 0 Å². The molecule has 18 heavy (non-hydrogen) atoms. The Morgan fingerprint density at radius 2 is 2.06 bits per heavy atom. The van der Waals surface area contributed by atoms with Crippen LogP contribution in [0.4, 0.5) is 5.82 Å². The fraction of sp³-hybridized carbons (Fsp3) is 0.231. The third-order valence-electron chi connectivity index (χ3n) is 2.92. The minimum absolute atomic E-state index is 0.182. The van der Waals surface area contributed by atoms with E-state index in [1.54, 1.807) is 18.2 Å². The number of hydrogen-bond acceptors (Lipinski definition) is 2. The molecule has 0 aliphatic carbocycles. The lowest BCUT2D eigenvalue weighted by molar-refractivity contribution is 0.102. The molecule has 1 amide bonds. The number of hydrogen-bond donors (Lipinski definition) is 2. The van der Waals surface area contributed by atoms with Gasteiger partial charge in [0.2, 0.25) is 0 Å². The first-order valence-corrected chi connectivity index (χ1v) is 5.96. The number of carbonyl (C=O) groups excluding carboxylic acids is 1. The molecule has 0 saturated heterocycles. The number of H-pyrrole nitrogens is 1. The topological polar surface area (TPSA) is 57.8 Å². The van der Waals surface area contributed by atoms with E-state index in [-0.39, 0.29) is 5.91 Å². The van der Waals surface area contributed by atoms with Crippen molar-refractivity contribution in [1.29, 1.82) is 0 Å². The number of aromatic nitrogens is 2. The fourth-order valence-electron chi connectivity index (χ4n) is 1.66. The average molecular weight is 264 g/mol. The van der Waals surface area contributed by atoms with Gasteiger partial charge in [-0.05, 0) is 44.5 Å². The number of carbonyl (C=O) groups is 1. The Labute approximate surface area is 110 Å². The van der Waals surface area contributed by atoms with Crippen LogP contribution in [0.2, 0.25) is 5.02 Å². The number of rotatable bonds is 2. The summed E-state index contributed by atoms with van der Waals surface area (Å²) in [7, 11) is 0. The SMILES string of the molecule is Cc1cc(Cl)ccc1C(=O)Nc1n[nH]c(C)c1C. The molecular formula is C13H14ClN3O. The van der Waals surface area contributed by atoms with Gasteiger partial charge < -0.3 is 5.32 Å². The Balaban J connectivity index is 2.25. The predicted octanol–water partition coefficient (Wildman–Crippen LogP) is 3.24. The molecule has 1 heterocycles. The third kappa shape index (κ3) is 2.38. The van der Waals surface area contributed by atoms with Crippen molar-refractivity contribution in [2.75, 3.05) is 5.32 Å². The van der Waals surface area contributed by atoms with Crippen LogP contribution in [-0.2, 0) is 0 Å². The highest BCUT2D eigenvalue weighted by Gasteiger charge is 2.13. The Morgan fingerprint density at radius 1 is 1.33 bits per heavy atom. The maximum Gasteiger partial charge on any atom is 0.257 e. The quantitative estimate of drug-likeness (QED) is 0.874. The molecule has 0 saturated carbocycles. The molecular weight excluding hydrogens is 250 g/mol. The lowest BCUT2D eigenvalue weighted by Crippen LogP contribution is -2.14. The molecule has 1 aromatic heterocycles. The number of amides is 1. The molecule has 2 N–H and O–H groups in total. The normalized spacial score (nSPS) is 10.4. The molecule has 0 aliphatic rings. The van der Waals surface area contributed by atoms with E-state index in [0.717, 1.165) is 16.8 Å². The fourth-order valence-corrected chi connectivity index (χ4v) is 1.89. The van der Waals surface area contributed by atoms with Crippen LogP contribution in [0, 0.1) is 20.8 Å². The highest BCUT2D eigenvalue weighted by Crippen LogP contribution is 2.18. The number of aromatic amines is 1. The van der Waals surface area contributed by atoms with E-state index in [1.165, 1.54) is 0 Å². The summed E-state index contributed by atoms with van der Waals surface area (Å²) in [6.07, 6.45) is 0. The highest BCUT2D eigenvalue weighted by atomic mass is 35.5. The van der Waals surface area contributed by atoms with E-state index in [9.17, 15) is 4.79 Å². The molecule has 0 radical (unpaired) electrons. The first-order chi connectivity index (χ1) is 8.49. The number of aryl methyl sites for hydroxylation is 2. The summed E-state index contributed by atoms with van der Waals surface area (Å²) in [4.78, 5) is 12.1. The minimum Gasteiger partial charge on any atom is -0.305 e. The van der Waals surface area contributed by atoms with Gasteiger partial charge in [-0.3, -0.25) is 9.89 Å². The van der Waals surface area contributed by atoms with Gasteiger partial charge in [0.25, 0.3) is 5.91 Å². The van der Waals surface area contributed by atoms with Crippen molar-refractivity contribution in [2.45, 2.75) is 20.8 Å². The Morgan fingerprint density at radius 3 is 2.61 bits per heavy atom. The van der Waals surface area contributed by atoms with Crippen molar-refractivity contribution in [2.24, 2.45) is 0 Å². The first-order valence-electron chi connectivity index (χ1n) is 5.58. The van der Waals surface area contributed by atoms with Gasteiger partial charge in [0.15, 0.2) is 5.82 Å². The standard InChI is InChI=1S/C13H14ClN3O/c1-7-6-10(14)4-5-11(7)13(18)15-12-8(2)9(3)16-17-12/h4-6H,1-3H3,(H2,15,16,17,18). The van der Waals surface area contributed by atoms with Gasteiger partial charge in [0, 0.05) is 21.8 Å². The smallest absolute Gasteiger partial charge is 0.257 e. The van der Waals surface area contributed by atoms with Crippen molar-refractivity contribution in [3.8, 4) is 0 Å². The Kier molecular flexibility index (Phi) is 3.39. The summed E-state index contributed by atoms with van der Waals surface area (Å²) in [5.41, 5.74) is 3.32. The molecule has 0 unspecified atom stereocenters. The Bertz CT molecular complexity index is 604. The van der Waals surface area contributed by atoms with E-state index in [2.05, 4.69) is 15.5 Å². The summed E-state index contributed by atoms with van der Waals surface area (Å²) >= 11 is 5.86. The van der Waals surface area contributed by atoms with Crippen molar-refractivity contribution < 1.29 is 4.79 Å². The molecule has 2 aromatic rings. The van der Waals surface area contributed by atoms with Gasteiger partial charge in [-0.25, -0.2) is 0 Å². The third-order valence-corrected chi connectivity index (χ3v) is 3.15. The number of halogens is 1. The number of benzene rings is 1. The zero-order valence-corrected chi connectivity index (χ0v) is 11.2. The largest absolute Gasteiger partial charge is 0.305 e. The molecule has 5 heteroatoms. The molecule has 0 fully saturated rings. The average Bonchev–Trinajstić information content (AvgIpc) is 2.61. The van der Waals surface area contributed by atoms with E-state index in [4.69, 9.17) is 11.6 Å². The van der Waals surface area contributed by atoms with Gasteiger partial charge in [-0.1, -0.05) is 11.6 Å². The molecule has 4 nitrogen and oxygen atoms in total. The monoisotopic (exact) mass is 263 g/mol. The second-order valence-corrected chi connectivity index (χ2v) is 4.67. The van der Waals surface area contributed by atoms with Gasteiger partial charge >= 0.3 is 0 Å². The van der Waals surface area contributed by atoms with Gasteiger partial charge in [-0.2, -0.15) is 5.10 Å². The summed E-state index contributed by atoms with van der Waals surface area (Å²) in [6.45, 7) is 5.66. The molecule has 0 spiro atoms. The molecule has 94 valence electrons. The first kappa shape index (κ1) is 12.6.